The van der Waals surface area contributed by atoms with E-state index in [9.17, 15) is 0 Å². The van der Waals surface area contributed by atoms with Crippen LogP contribution in [0, 0.1) is 6.92 Å². The summed E-state index contributed by atoms with van der Waals surface area (Å²) in [6, 6.07) is 0. The number of nitrogens with two attached hydrogens (primary N) is 1. The molecule has 0 atom stereocenters. The Balaban J connectivity index is 2.51. The van der Waals surface area contributed by atoms with Crippen LogP contribution in [-0.4, -0.2) is 16.5 Å². The first-order chi connectivity index (χ1) is 6.87. The Bertz CT molecular complexity index is 349. The fraction of sp³-hybridized carbons (Fsp3) is 0.600. The van der Waals surface area contributed by atoms with Crippen molar-refractivity contribution in [1.82, 2.24) is 10.3 Å². The molecule has 0 bridgehead atoms. The molecular formula is C10H18N4S. The minimum atomic E-state index is -0.0492. The summed E-state index contributed by atoms with van der Waals surface area (Å²) in [5, 5.41) is 6.10. The van der Waals surface area contributed by atoms with Gasteiger partial charge < -0.3 is 11.1 Å². The average Bonchev–Trinajstić information content (AvgIpc) is 2.45. The molecule has 1 aromatic rings. The number of aliphatic imine (C=N–C) groups is 1. The molecule has 4 nitrogen and oxygen atoms in total. The summed E-state index contributed by atoms with van der Waals surface area (Å²) in [4.78, 5) is 8.53. The monoisotopic (exact) mass is 226 g/mol. The third-order valence-electron chi connectivity index (χ3n) is 1.55. The maximum atomic E-state index is 5.73. The van der Waals surface area contributed by atoms with Crippen molar-refractivity contribution in [3.05, 3.63) is 16.1 Å². The zero-order valence-electron chi connectivity index (χ0n) is 9.66. The second-order valence-corrected chi connectivity index (χ2v) is 5.40. The number of aryl methyl sites for hydroxylation is 1. The first kappa shape index (κ1) is 12.0. The summed E-state index contributed by atoms with van der Waals surface area (Å²) in [6.45, 7) is 8.66. The van der Waals surface area contributed by atoms with Crippen molar-refractivity contribution in [3.8, 4) is 0 Å². The highest BCUT2D eigenvalue weighted by Gasteiger charge is 2.09. The first-order valence-electron chi connectivity index (χ1n) is 4.86. The Morgan fingerprint density at radius 1 is 1.60 bits per heavy atom. The predicted molar refractivity (Wildman–Crippen MR) is 65.1 cm³/mol. The van der Waals surface area contributed by atoms with E-state index in [1.807, 2.05) is 33.1 Å². The fourth-order valence-electron chi connectivity index (χ4n) is 1.05. The molecule has 3 N–H and O–H groups in total. The summed E-state index contributed by atoms with van der Waals surface area (Å²) >= 11 is 1.61. The highest BCUT2D eigenvalue weighted by Crippen LogP contribution is 2.09. The van der Waals surface area contributed by atoms with Gasteiger partial charge in [-0.15, -0.1) is 11.3 Å². The molecule has 0 saturated heterocycles. The molecule has 0 aliphatic carbocycles. The lowest BCUT2D eigenvalue weighted by molar-refractivity contribution is 0.508. The van der Waals surface area contributed by atoms with Gasteiger partial charge in [-0.1, -0.05) is 0 Å². The van der Waals surface area contributed by atoms with E-state index in [0.29, 0.717) is 12.5 Å². The van der Waals surface area contributed by atoms with E-state index in [4.69, 9.17) is 5.73 Å². The van der Waals surface area contributed by atoms with Gasteiger partial charge in [0, 0.05) is 16.6 Å². The zero-order valence-corrected chi connectivity index (χ0v) is 10.5. The van der Waals surface area contributed by atoms with Crippen LogP contribution in [0.25, 0.3) is 0 Å². The largest absolute Gasteiger partial charge is 0.370 e. The smallest absolute Gasteiger partial charge is 0.189 e. The molecule has 1 aromatic heterocycles. The third-order valence-corrected chi connectivity index (χ3v) is 2.51. The molecule has 15 heavy (non-hydrogen) atoms. The lowest BCUT2D eigenvalue weighted by Crippen LogP contribution is -2.44. The van der Waals surface area contributed by atoms with Gasteiger partial charge in [0.1, 0.15) is 5.01 Å². The highest BCUT2D eigenvalue weighted by molar-refractivity contribution is 7.09. The molecule has 0 spiro atoms. The molecule has 0 aromatic carbocycles. The van der Waals surface area contributed by atoms with E-state index in [2.05, 4.69) is 15.3 Å². The lowest BCUT2D eigenvalue weighted by Gasteiger charge is -2.20. The fourth-order valence-corrected chi connectivity index (χ4v) is 1.75. The van der Waals surface area contributed by atoms with Crippen LogP contribution in [0.2, 0.25) is 0 Å². The van der Waals surface area contributed by atoms with Crippen molar-refractivity contribution in [2.75, 3.05) is 0 Å². The molecular weight excluding hydrogens is 208 g/mol. The minimum Gasteiger partial charge on any atom is -0.370 e. The zero-order chi connectivity index (χ0) is 11.5. The Morgan fingerprint density at radius 3 is 2.73 bits per heavy atom. The van der Waals surface area contributed by atoms with Crippen molar-refractivity contribution >= 4 is 17.3 Å². The maximum Gasteiger partial charge on any atom is 0.189 e. The van der Waals surface area contributed by atoms with Crippen molar-refractivity contribution in [2.45, 2.75) is 39.8 Å². The van der Waals surface area contributed by atoms with E-state index in [1.165, 1.54) is 0 Å². The molecule has 0 aliphatic rings. The summed E-state index contributed by atoms with van der Waals surface area (Å²) in [7, 11) is 0. The van der Waals surface area contributed by atoms with Crippen LogP contribution in [0.1, 0.15) is 31.5 Å². The van der Waals surface area contributed by atoms with Crippen LogP contribution in [0.4, 0.5) is 0 Å². The Kier molecular flexibility index (Phi) is 3.68. The molecule has 0 aliphatic heterocycles. The lowest BCUT2D eigenvalue weighted by atomic mass is 10.1. The topological polar surface area (TPSA) is 63.3 Å². The standard InChI is InChI=1S/C10H18N4S/c1-7-6-15-8(13-7)5-12-9(11)14-10(2,3)4/h6H,5H2,1-4H3,(H3,11,12,14). The summed E-state index contributed by atoms with van der Waals surface area (Å²) in [6.07, 6.45) is 0. The number of hydrogen-bond acceptors (Lipinski definition) is 3. The summed E-state index contributed by atoms with van der Waals surface area (Å²) < 4.78 is 0. The Labute approximate surface area is 94.6 Å². The molecule has 1 heterocycles. The van der Waals surface area contributed by atoms with Crippen LogP contribution in [0.15, 0.2) is 10.4 Å². The molecule has 0 radical (unpaired) electrons. The maximum absolute atomic E-state index is 5.73. The molecule has 0 amide bonds. The third kappa shape index (κ3) is 4.78. The number of rotatable bonds is 2. The van der Waals surface area contributed by atoms with Gasteiger partial charge in [0.25, 0.3) is 0 Å². The van der Waals surface area contributed by atoms with E-state index >= 15 is 0 Å². The van der Waals surface area contributed by atoms with Gasteiger partial charge in [-0.05, 0) is 27.7 Å². The Morgan fingerprint density at radius 2 is 2.27 bits per heavy atom. The number of hydrogen-bond donors (Lipinski definition) is 2. The number of guanidine groups is 1. The van der Waals surface area contributed by atoms with Gasteiger partial charge in [0.2, 0.25) is 0 Å². The molecule has 0 unspecified atom stereocenters. The average molecular weight is 226 g/mol. The molecule has 0 fully saturated rings. The van der Waals surface area contributed by atoms with Crippen molar-refractivity contribution in [2.24, 2.45) is 10.7 Å². The van der Waals surface area contributed by atoms with Crippen molar-refractivity contribution < 1.29 is 0 Å². The van der Waals surface area contributed by atoms with Gasteiger partial charge in [0.15, 0.2) is 5.96 Å². The second kappa shape index (κ2) is 4.61. The second-order valence-electron chi connectivity index (χ2n) is 4.46. The molecule has 1 rings (SSSR count). The predicted octanol–water partition coefficient (Wildman–Crippen LogP) is 1.65. The van der Waals surface area contributed by atoms with E-state index < -0.39 is 0 Å². The SMILES string of the molecule is Cc1csc(CN=C(N)NC(C)(C)C)n1. The van der Waals surface area contributed by atoms with Crippen molar-refractivity contribution in [3.63, 3.8) is 0 Å². The summed E-state index contributed by atoms with van der Waals surface area (Å²) in [5.41, 5.74) is 6.72. The van der Waals surface area contributed by atoms with Gasteiger partial charge >= 0.3 is 0 Å². The van der Waals surface area contributed by atoms with Crippen LogP contribution in [-0.2, 0) is 6.54 Å². The van der Waals surface area contributed by atoms with E-state index in [0.717, 1.165) is 10.7 Å². The van der Waals surface area contributed by atoms with Crippen LogP contribution < -0.4 is 11.1 Å². The van der Waals surface area contributed by atoms with E-state index in [-0.39, 0.29) is 5.54 Å². The van der Waals surface area contributed by atoms with Crippen LogP contribution in [0.5, 0.6) is 0 Å². The van der Waals surface area contributed by atoms with Gasteiger partial charge in [-0.3, -0.25) is 0 Å². The summed E-state index contributed by atoms with van der Waals surface area (Å²) in [5.74, 6) is 0.468. The van der Waals surface area contributed by atoms with Gasteiger partial charge in [-0.2, -0.15) is 0 Å². The Hall–Kier alpha value is -1.10. The quantitative estimate of drug-likeness (QED) is 0.595. The van der Waals surface area contributed by atoms with Crippen LogP contribution >= 0.6 is 11.3 Å². The number of thiazole rings is 1. The van der Waals surface area contributed by atoms with Gasteiger partial charge in [0.05, 0.1) is 6.54 Å². The molecule has 5 heteroatoms. The van der Waals surface area contributed by atoms with Crippen LogP contribution in [0.3, 0.4) is 0 Å². The molecule has 84 valence electrons. The minimum absolute atomic E-state index is 0.0492. The first-order valence-corrected chi connectivity index (χ1v) is 5.74. The normalized spacial score (nSPS) is 12.9. The highest BCUT2D eigenvalue weighted by atomic mass is 32.1. The van der Waals surface area contributed by atoms with Crippen molar-refractivity contribution in [1.29, 1.82) is 0 Å². The number of aromatic nitrogens is 1. The number of nitrogens with zero attached hydrogens (tertiary/aromatic N) is 2. The molecule has 0 saturated carbocycles. The number of nitrogens with one attached hydrogen (secondary N) is 1. The van der Waals surface area contributed by atoms with E-state index in [1.54, 1.807) is 11.3 Å². The van der Waals surface area contributed by atoms with Gasteiger partial charge in [-0.25, -0.2) is 9.98 Å².